The molecule has 0 rings (SSSR count). The quantitative estimate of drug-likeness (QED) is 0.0775. The van der Waals surface area contributed by atoms with Crippen molar-refractivity contribution in [2.75, 3.05) is 19.7 Å². The van der Waals surface area contributed by atoms with Crippen LogP contribution in [-0.2, 0) is 19.2 Å². The minimum atomic E-state index is -1.30. The second-order valence-corrected chi connectivity index (χ2v) is 6.78. The number of carbonyl (C=O) groups excluding carboxylic acids is 3. The minimum Gasteiger partial charge on any atom is -0.480 e. The van der Waals surface area contributed by atoms with Crippen molar-refractivity contribution in [3.05, 3.63) is 0 Å². The van der Waals surface area contributed by atoms with E-state index in [1.54, 1.807) is 6.92 Å². The lowest BCUT2D eigenvalue weighted by atomic mass is 9.99. The van der Waals surface area contributed by atoms with Gasteiger partial charge in [0.1, 0.15) is 12.1 Å². The van der Waals surface area contributed by atoms with Crippen molar-refractivity contribution in [1.82, 2.24) is 16.0 Å². The van der Waals surface area contributed by atoms with Crippen molar-refractivity contribution >= 4 is 29.7 Å². The van der Waals surface area contributed by atoms with Crippen LogP contribution >= 0.6 is 0 Å². The van der Waals surface area contributed by atoms with Crippen molar-refractivity contribution in [3.63, 3.8) is 0 Å². The van der Waals surface area contributed by atoms with Crippen LogP contribution in [0.1, 0.15) is 33.1 Å². The fraction of sp³-hybridized carbons (Fsp3) is 0.706. The standard InChI is InChI=1S/C17H33N7O6/c1-3-9(2)13(18)15(28)24-11(8-25)14(27)22-7-12(26)23-10(16(29)30)5-4-6-21-17(19)20/h9-11,13,25H,3-8,18H2,1-2H3,(H,22,27)(H,23,26)(H,24,28)(H,29,30)(H4,19,20,21). The van der Waals surface area contributed by atoms with Crippen molar-refractivity contribution in [3.8, 4) is 0 Å². The molecule has 0 saturated carbocycles. The summed E-state index contributed by atoms with van der Waals surface area (Å²) in [5.74, 6) is -3.66. The Hall–Kier alpha value is -2.93. The Morgan fingerprint density at radius 2 is 1.70 bits per heavy atom. The van der Waals surface area contributed by atoms with Crippen LogP contribution < -0.4 is 33.2 Å². The Kier molecular flexibility index (Phi) is 12.7. The predicted molar refractivity (Wildman–Crippen MR) is 109 cm³/mol. The predicted octanol–water partition coefficient (Wildman–Crippen LogP) is -3.42. The zero-order chi connectivity index (χ0) is 23.3. The summed E-state index contributed by atoms with van der Waals surface area (Å²) < 4.78 is 0. The lowest BCUT2D eigenvalue weighted by Crippen LogP contribution is -2.55. The van der Waals surface area contributed by atoms with Gasteiger partial charge in [-0.25, -0.2) is 4.79 Å². The van der Waals surface area contributed by atoms with E-state index >= 15 is 0 Å². The molecule has 3 amide bonds. The Morgan fingerprint density at radius 1 is 1.07 bits per heavy atom. The molecule has 0 aromatic rings. The fourth-order valence-corrected chi connectivity index (χ4v) is 2.27. The third-order valence-corrected chi connectivity index (χ3v) is 4.38. The number of nitrogens with two attached hydrogens (primary N) is 3. The molecule has 0 aromatic heterocycles. The fourth-order valence-electron chi connectivity index (χ4n) is 2.27. The van der Waals surface area contributed by atoms with E-state index in [4.69, 9.17) is 17.2 Å². The van der Waals surface area contributed by atoms with Crippen molar-refractivity contribution in [1.29, 1.82) is 0 Å². The molecule has 0 aliphatic carbocycles. The summed E-state index contributed by atoms with van der Waals surface area (Å²) in [4.78, 5) is 51.1. The molecular weight excluding hydrogens is 398 g/mol. The highest BCUT2D eigenvalue weighted by Crippen LogP contribution is 2.05. The molecular formula is C17H33N7O6. The van der Waals surface area contributed by atoms with Crippen LogP contribution in [0, 0.1) is 5.92 Å². The van der Waals surface area contributed by atoms with Crippen molar-refractivity contribution in [2.24, 2.45) is 28.1 Å². The number of amides is 3. The van der Waals surface area contributed by atoms with Crippen LogP contribution in [0.15, 0.2) is 4.99 Å². The largest absolute Gasteiger partial charge is 0.480 e. The first-order valence-electron chi connectivity index (χ1n) is 9.55. The Balaban J connectivity index is 4.59. The van der Waals surface area contributed by atoms with E-state index in [1.165, 1.54) is 0 Å². The van der Waals surface area contributed by atoms with Gasteiger partial charge in [0.25, 0.3) is 0 Å². The normalized spacial score (nSPS) is 14.5. The average molecular weight is 431 g/mol. The number of carboxylic acids is 1. The molecule has 11 N–H and O–H groups in total. The highest BCUT2D eigenvalue weighted by molar-refractivity contribution is 5.92. The highest BCUT2D eigenvalue weighted by Gasteiger charge is 2.26. The molecule has 30 heavy (non-hydrogen) atoms. The Morgan fingerprint density at radius 3 is 2.20 bits per heavy atom. The number of nitrogens with zero attached hydrogens (tertiary/aromatic N) is 1. The van der Waals surface area contributed by atoms with E-state index in [1.807, 2.05) is 6.92 Å². The van der Waals surface area contributed by atoms with Crippen LogP contribution in [-0.4, -0.2) is 77.7 Å². The summed E-state index contributed by atoms with van der Waals surface area (Å²) in [5, 5.41) is 25.3. The number of guanidine groups is 1. The molecule has 172 valence electrons. The van der Waals surface area contributed by atoms with Gasteiger partial charge >= 0.3 is 5.97 Å². The molecule has 13 heteroatoms. The first-order chi connectivity index (χ1) is 14.0. The van der Waals surface area contributed by atoms with E-state index in [-0.39, 0.29) is 24.8 Å². The summed E-state index contributed by atoms with van der Waals surface area (Å²) in [5.41, 5.74) is 16.1. The maximum Gasteiger partial charge on any atom is 0.326 e. The smallest absolute Gasteiger partial charge is 0.326 e. The van der Waals surface area contributed by atoms with Gasteiger partial charge in [0.15, 0.2) is 5.96 Å². The van der Waals surface area contributed by atoms with Crippen LogP contribution in [0.2, 0.25) is 0 Å². The number of aliphatic imine (C=N–C) groups is 1. The molecule has 0 aliphatic heterocycles. The maximum absolute atomic E-state index is 12.1. The topological polar surface area (TPSA) is 235 Å². The van der Waals surface area contributed by atoms with Crippen LogP contribution in [0.5, 0.6) is 0 Å². The van der Waals surface area contributed by atoms with Crippen molar-refractivity contribution < 1.29 is 29.4 Å². The van der Waals surface area contributed by atoms with Gasteiger partial charge in [0.2, 0.25) is 17.7 Å². The number of carboxylic acid groups (broad SMARTS) is 1. The van der Waals surface area contributed by atoms with E-state index in [0.29, 0.717) is 12.8 Å². The Labute approximate surface area is 174 Å². The van der Waals surface area contributed by atoms with Gasteiger partial charge in [-0.3, -0.25) is 19.4 Å². The van der Waals surface area contributed by atoms with E-state index < -0.39 is 55.0 Å². The first-order valence-corrected chi connectivity index (χ1v) is 9.55. The molecule has 0 aliphatic rings. The molecule has 0 fully saturated rings. The van der Waals surface area contributed by atoms with E-state index in [9.17, 15) is 29.4 Å². The maximum atomic E-state index is 12.1. The van der Waals surface area contributed by atoms with Crippen LogP contribution in [0.3, 0.4) is 0 Å². The number of hydrogen-bond acceptors (Lipinski definition) is 7. The third-order valence-electron chi connectivity index (χ3n) is 4.38. The summed E-state index contributed by atoms with van der Waals surface area (Å²) in [6.07, 6.45) is 1.05. The summed E-state index contributed by atoms with van der Waals surface area (Å²) in [6, 6.07) is -3.34. The van der Waals surface area contributed by atoms with Crippen LogP contribution in [0.25, 0.3) is 0 Å². The van der Waals surface area contributed by atoms with Gasteiger partial charge in [0.05, 0.1) is 19.2 Å². The van der Waals surface area contributed by atoms with Crippen LogP contribution in [0.4, 0.5) is 0 Å². The van der Waals surface area contributed by atoms with Gasteiger partial charge in [-0.05, 0) is 18.8 Å². The van der Waals surface area contributed by atoms with E-state index in [2.05, 4.69) is 20.9 Å². The van der Waals surface area contributed by atoms with Gasteiger partial charge in [0, 0.05) is 6.54 Å². The number of hydrogen-bond donors (Lipinski definition) is 8. The molecule has 0 aromatic carbocycles. The molecule has 13 nitrogen and oxygen atoms in total. The lowest BCUT2D eigenvalue weighted by molar-refractivity contribution is -0.142. The summed E-state index contributed by atoms with van der Waals surface area (Å²) in [6.45, 7) is 2.60. The molecule has 0 heterocycles. The minimum absolute atomic E-state index is 0.0780. The second-order valence-electron chi connectivity index (χ2n) is 6.78. The van der Waals surface area contributed by atoms with E-state index in [0.717, 1.165) is 0 Å². The number of aliphatic carboxylic acids is 1. The summed E-state index contributed by atoms with van der Waals surface area (Å²) >= 11 is 0. The second kappa shape index (κ2) is 14.1. The van der Waals surface area contributed by atoms with Gasteiger partial charge < -0.3 is 43.4 Å². The molecule has 0 radical (unpaired) electrons. The Bertz CT molecular complexity index is 624. The number of carbonyl (C=O) groups is 4. The van der Waals surface area contributed by atoms with Gasteiger partial charge in [-0.1, -0.05) is 20.3 Å². The number of nitrogens with one attached hydrogen (secondary N) is 3. The highest BCUT2D eigenvalue weighted by atomic mass is 16.4. The number of rotatable bonds is 14. The third kappa shape index (κ3) is 10.6. The summed E-state index contributed by atoms with van der Waals surface area (Å²) in [7, 11) is 0. The SMILES string of the molecule is CCC(C)C(N)C(=O)NC(CO)C(=O)NCC(=O)NC(CCCN=C(N)N)C(=O)O. The van der Waals surface area contributed by atoms with Crippen molar-refractivity contribution in [2.45, 2.75) is 51.2 Å². The zero-order valence-electron chi connectivity index (χ0n) is 17.3. The molecule has 0 bridgehead atoms. The average Bonchev–Trinajstić information content (AvgIpc) is 2.70. The van der Waals surface area contributed by atoms with Gasteiger partial charge in [-0.2, -0.15) is 0 Å². The zero-order valence-corrected chi connectivity index (χ0v) is 17.3. The number of aliphatic hydroxyl groups is 1. The molecule has 0 spiro atoms. The molecule has 4 unspecified atom stereocenters. The molecule has 0 saturated heterocycles. The lowest BCUT2D eigenvalue weighted by Gasteiger charge is -2.22. The number of aliphatic hydroxyl groups excluding tert-OH is 1. The first kappa shape index (κ1) is 27.1. The van der Waals surface area contributed by atoms with Gasteiger partial charge in [-0.15, -0.1) is 0 Å². The molecule has 4 atom stereocenters. The monoisotopic (exact) mass is 431 g/mol.